The summed E-state index contributed by atoms with van der Waals surface area (Å²) in [5.74, 6) is 0.684. The Bertz CT molecular complexity index is 1290. The minimum absolute atomic E-state index is 0.0711. The molecule has 29 heavy (non-hydrogen) atoms. The molecule has 3 aromatic heterocycles. The van der Waals surface area contributed by atoms with Crippen LogP contribution in [-0.4, -0.2) is 29.2 Å². The van der Waals surface area contributed by atoms with Crippen LogP contribution in [0.1, 0.15) is 18.1 Å². The van der Waals surface area contributed by atoms with Crippen LogP contribution in [0, 0.1) is 11.3 Å². The predicted octanol–water partition coefficient (Wildman–Crippen LogP) is 3.00. The molecule has 0 aliphatic carbocycles. The topological polar surface area (TPSA) is 131 Å². The van der Waals surface area contributed by atoms with Gasteiger partial charge in [0, 0.05) is 18.9 Å². The highest BCUT2D eigenvalue weighted by molar-refractivity contribution is 7.26. The van der Waals surface area contributed by atoms with Crippen molar-refractivity contribution in [1.29, 1.82) is 5.26 Å². The molecule has 0 atom stereocenters. The first-order valence-electron chi connectivity index (χ1n) is 8.75. The van der Waals surface area contributed by atoms with Crippen molar-refractivity contribution in [3.63, 3.8) is 0 Å². The highest BCUT2D eigenvalue weighted by Crippen LogP contribution is 2.44. The van der Waals surface area contributed by atoms with E-state index in [4.69, 9.17) is 21.3 Å². The fourth-order valence-electron chi connectivity index (χ4n) is 3.26. The van der Waals surface area contributed by atoms with Gasteiger partial charge in [-0.25, -0.2) is 4.52 Å². The summed E-state index contributed by atoms with van der Waals surface area (Å²) in [4.78, 5) is 12.9. The van der Waals surface area contributed by atoms with Crippen molar-refractivity contribution >= 4 is 55.0 Å². The van der Waals surface area contributed by atoms with E-state index in [1.807, 2.05) is 28.8 Å². The highest BCUT2D eigenvalue weighted by Gasteiger charge is 2.22. The van der Waals surface area contributed by atoms with Crippen LogP contribution in [0.2, 0.25) is 0 Å². The molecule has 0 spiro atoms. The van der Waals surface area contributed by atoms with Crippen LogP contribution in [-0.2, 0) is 11.2 Å². The number of nitrogens with zero attached hydrogens (tertiary/aromatic N) is 3. The number of anilines is 2. The molecule has 8 nitrogen and oxygen atoms in total. The Kier molecular flexibility index (Phi) is 4.77. The summed E-state index contributed by atoms with van der Waals surface area (Å²) in [6.45, 7) is 2.01. The predicted molar refractivity (Wildman–Crippen MR) is 116 cm³/mol. The molecule has 0 fully saturated rings. The molecule has 0 saturated carbocycles. The molecule has 4 rings (SSSR count). The van der Waals surface area contributed by atoms with Gasteiger partial charge in [0.25, 0.3) is 0 Å². The third-order valence-corrected chi connectivity index (χ3v) is 6.88. The van der Waals surface area contributed by atoms with Gasteiger partial charge in [0.2, 0.25) is 5.91 Å². The van der Waals surface area contributed by atoms with Crippen LogP contribution in [0.15, 0.2) is 18.2 Å². The zero-order valence-electron chi connectivity index (χ0n) is 15.8. The van der Waals surface area contributed by atoms with Gasteiger partial charge in [0.1, 0.15) is 27.2 Å². The van der Waals surface area contributed by atoms with Gasteiger partial charge in [-0.15, -0.1) is 11.3 Å². The number of nitrogen functional groups attached to an aromatic ring is 2. The van der Waals surface area contributed by atoms with Gasteiger partial charge in [0.05, 0.1) is 23.2 Å². The molecule has 0 radical (unpaired) electrons. The molecular weight excluding hydrogens is 408 g/mol. The Hall–Kier alpha value is -3.29. The van der Waals surface area contributed by atoms with E-state index in [-0.39, 0.29) is 5.91 Å². The van der Waals surface area contributed by atoms with Crippen LogP contribution in [0.25, 0.3) is 25.6 Å². The smallest absolute Gasteiger partial charge is 0.216 e. The number of benzene rings is 1. The third-order valence-electron chi connectivity index (χ3n) is 4.62. The van der Waals surface area contributed by atoms with Gasteiger partial charge in [-0.1, -0.05) is 11.3 Å². The Balaban J connectivity index is 1.89. The van der Waals surface area contributed by atoms with Gasteiger partial charge < -0.3 is 21.5 Å². The number of amides is 1. The van der Waals surface area contributed by atoms with E-state index in [1.165, 1.54) is 29.6 Å². The van der Waals surface area contributed by atoms with Gasteiger partial charge >= 0.3 is 0 Å². The second kappa shape index (κ2) is 7.27. The lowest BCUT2D eigenvalue weighted by Gasteiger charge is -2.03. The van der Waals surface area contributed by atoms with Crippen molar-refractivity contribution in [2.75, 3.05) is 25.1 Å². The largest absolute Gasteiger partial charge is 0.497 e. The van der Waals surface area contributed by atoms with E-state index < -0.39 is 0 Å². The number of hydrogen-bond acceptors (Lipinski definition) is 8. The molecule has 0 unspecified atom stereocenters. The van der Waals surface area contributed by atoms with Gasteiger partial charge in [-0.2, -0.15) is 10.4 Å². The third kappa shape index (κ3) is 3.14. The molecule has 1 amide bonds. The number of hydrogen-bond donors (Lipinski definition) is 3. The molecule has 1 aromatic carbocycles. The second-order valence-corrected chi connectivity index (χ2v) is 8.44. The lowest BCUT2D eigenvalue weighted by Crippen LogP contribution is -2.22. The number of nitriles is 1. The zero-order chi connectivity index (χ0) is 20.7. The number of nitrogens with one attached hydrogen (secondary N) is 1. The van der Waals surface area contributed by atoms with E-state index in [1.54, 1.807) is 7.11 Å². The van der Waals surface area contributed by atoms with Crippen molar-refractivity contribution in [3.05, 3.63) is 29.3 Å². The summed E-state index contributed by atoms with van der Waals surface area (Å²) in [7, 11) is 1.63. The standard InChI is InChI=1S/C19H18N6O2S2/c1-9(26)23-6-5-11-12-7-10(27-2)3-4-14(12)25-19(11)29-18(24-25)16-15(21)13(8-20)17(22)28-16/h3-4,7H,5-6,21-22H2,1-2H3,(H,23,26). The number of rotatable bonds is 5. The molecule has 148 valence electrons. The van der Waals surface area contributed by atoms with Crippen molar-refractivity contribution in [3.8, 4) is 21.7 Å². The molecule has 0 bridgehead atoms. The maximum absolute atomic E-state index is 11.3. The fraction of sp³-hybridized carbons (Fsp3) is 0.211. The molecule has 4 aromatic rings. The number of thiophene rings is 1. The molecule has 0 saturated heterocycles. The molecule has 0 aliphatic rings. The van der Waals surface area contributed by atoms with E-state index >= 15 is 0 Å². The first-order chi connectivity index (χ1) is 13.9. The lowest BCUT2D eigenvalue weighted by molar-refractivity contribution is -0.118. The number of aromatic nitrogens is 2. The maximum atomic E-state index is 11.3. The number of ether oxygens (including phenoxy) is 1. The van der Waals surface area contributed by atoms with Crippen LogP contribution < -0.4 is 21.5 Å². The Morgan fingerprint density at radius 3 is 2.83 bits per heavy atom. The van der Waals surface area contributed by atoms with E-state index in [0.29, 0.717) is 39.1 Å². The van der Waals surface area contributed by atoms with Gasteiger partial charge in [-0.05, 0) is 30.2 Å². The summed E-state index contributed by atoms with van der Waals surface area (Å²) in [5.41, 5.74) is 14.7. The van der Waals surface area contributed by atoms with Gasteiger partial charge in [0.15, 0.2) is 5.01 Å². The molecule has 10 heteroatoms. The Labute approximate surface area is 174 Å². The molecule has 3 heterocycles. The second-order valence-electron chi connectivity index (χ2n) is 6.41. The first-order valence-corrected chi connectivity index (χ1v) is 10.4. The molecular formula is C19H18N6O2S2. The number of methoxy groups -OCH3 is 1. The average Bonchev–Trinajstić information content (AvgIpc) is 3.32. The van der Waals surface area contributed by atoms with Crippen LogP contribution in [0.5, 0.6) is 5.75 Å². The normalized spacial score (nSPS) is 11.1. The fourth-order valence-corrected chi connectivity index (χ4v) is 5.40. The number of carbonyl (C=O) groups is 1. The van der Waals surface area contributed by atoms with Gasteiger partial charge in [-0.3, -0.25) is 4.79 Å². The maximum Gasteiger partial charge on any atom is 0.216 e. The Morgan fingerprint density at radius 2 is 2.17 bits per heavy atom. The summed E-state index contributed by atoms with van der Waals surface area (Å²) in [6.07, 6.45) is 0.646. The lowest BCUT2D eigenvalue weighted by atomic mass is 10.1. The molecule has 0 aliphatic heterocycles. The van der Waals surface area contributed by atoms with Crippen LogP contribution in [0.4, 0.5) is 10.7 Å². The summed E-state index contributed by atoms with van der Waals surface area (Å²) < 4.78 is 7.25. The number of fused-ring (bicyclic) bond motifs is 3. The summed E-state index contributed by atoms with van der Waals surface area (Å²) in [6, 6.07) is 7.87. The minimum Gasteiger partial charge on any atom is -0.497 e. The SMILES string of the molecule is COc1ccc2c(c1)c(CCNC(C)=O)c1sc(-c3sc(N)c(C#N)c3N)nn12. The van der Waals surface area contributed by atoms with Crippen molar-refractivity contribution in [2.45, 2.75) is 13.3 Å². The minimum atomic E-state index is -0.0711. The zero-order valence-corrected chi connectivity index (χ0v) is 17.4. The van der Waals surface area contributed by atoms with Crippen molar-refractivity contribution in [1.82, 2.24) is 14.9 Å². The number of carbonyl (C=O) groups excluding carboxylic acids is 1. The summed E-state index contributed by atoms with van der Waals surface area (Å²) >= 11 is 2.75. The quantitative estimate of drug-likeness (QED) is 0.449. The highest BCUT2D eigenvalue weighted by atomic mass is 32.1. The Morgan fingerprint density at radius 1 is 1.38 bits per heavy atom. The van der Waals surface area contributed by atoms with Crippen molar-refractivity contribution < 1.29 is 9.53 Å². The van der Waals surface area contributed by atoms with Crippen LogP contribution in [0.3, 0.4) is 0 Å². The van der Waals surface area contributed by atoms with E-state index in [9.17, 15) is 10.1 Å². The van der Waals surface area contributed by atoms with Crippen LogP contribution >= 0.6 is 22.7 Å². The van der Waals surface area contributed by atoms with E-state index in [0.717, 1.165) is 27.0 Å². The van der Waals surface area contributed by atoms with E-state index in [2.05, 4.69) is 5.32 Å². The summed E-state index contributed by atoms with van der Waals surface area (Å²) in [5, 5.41) is 19.0. The van der Waals surface area contributed by atoms with Crippen molar-refractivity contribution in [2.24, 2.45) is 0 Å². The molecule has 5 N–H and O–H groups in total. The monoisotopic (exact) mass is 426 g/mol. The first kappa shape index (κ1) is 19.0. The number of nitrogens with two attached hydrogens (primary N) is 2. The average molecular weight is 427 g/mol.